The highest BCUT2D eigenvalue weighted by molar-refractivity contribution is 6.32. The molecule has 0 aliphatic carbocycles. The summed E-state index contributed by atoms with van der Waals surface area (Å²) in [5.74, 6) is 2.00. The van der Waals surface area contributed by atoms with Gasteiger partial charge in [0.05, 0.1) is 29.7 Å². The van der Waals surface area contributed by atoms with Crippen LogP contribution in [0.3, 0.4) is 0 Å². The Labute approximate surface area is 208 Å². The second-order valence-electron chi connectivity index (χ2n) is 8.57. The lowest BCUT2D eigenvalue weighted by molar-refractivity contribution is -0.117. The summed E-state index contributed by atoms with van der Waals surface area (Å²) in [5, 5.41) is 11.3. The molecule has 0 unspecified atom stereocenters. The predicted octanol–water partition coefficient (Wildman–Crippen LogP) is 4.66. The maximum Gasteiger partial charge on any atom is 0.227 e. The maximum atomic E-state index is 12.9. The number of amides is 1. The molecular weight excluding hydrogens is 466 g/mol. The number of carbonyl (C=O) groups is 1. The van der Waals surface area contributed by atoms with Gasteiger partial charge in [0.25, 0.3) is 0 Å². The molecule has 8 heteroatoms. The SMILES string of the molecule is COc1ccc(N2C[C@H](c3nc4ccccc4n3C[C@@H](O)COc3ccccc3Cl)CC2=O)cc1. The number of para-hydroxylation sites is 3. The third-order valence-corrected chi connectivity index (χ3v) is 6.53. The lowest BCUT2D eigenvalue weighted by Crippen LogP contribution is -2.26. The average Bonchev–Trinajstić information content (AvgIpc) is 3.44. The van der Waals surface area contributed by atoms with Crippen LogP contribution in [0.4, 0.5) is 5.69 Å². The van der Waals surface area contributed by atoms with Crippen LogP contribution in [0.1, 0.15) is 18.2 Å². The fraction of sp³-hybridized carbons (Fsp3) is 0.259. The van der Waals surface area contributed by atoms with Crippen LogP contribution in [0, 0.1) is 0 Å². The van der Waals surface area contributed by atoms with E-state index in [0.29, 0.717) is 23.7 Å². The van der Waals surface area contributed by atoms with Crippen LogP contribution in [0.25, 0.3) is 11.0 Å². The third kappa shape index (κ3) is 4.83. The summed E-state index contributed by atoms with van der Waals surface area (Å²) in [4.78, 5) is 19.6. The number of aliphatic hydroxyl groups excluding tert-OH is 1. The molecule has 2 atom stereocenters. The minimum atomic E-state index is -0.794. The lowest BCUT2D eigenvalue weighted by atomic mass is 10.1. The summed E-state index contributed by atoms with van der Waals surface area (Å²) in [5.41, 5.74) is 2.57. The Morgan fingerprint density at radius 2 is 1.83 bits per heavy atom. The summed E-state index contributed by atoms with van der Waals surface area (Å²) in [6, 6.07) is 22.4. The van der Waals surface area contributed by atoms with Crippen molar-refractivity contribution in [2.75, 3.05) is 25.2 Å². The number of benzene rings is 3. The van der Waals surface area contributed by atoms with E-state index in [1.54, 1.807) is 24.1 Å². The number of hydrogen-bond acceptors (Lipinski definition) is 5. The molecule has 4 aromatic rings. The molecule has 1 N–H and O–H groups in total. The minimum Gasteiger partial charge on any atom is -0.497 e. The van der Waals surface area contributed by atoms with E-state index in [-0.39, 0.29) is 25.0 Å². The quantitative estimate of drug-likeness (QED) is 0.388. The topological polar surface area (TPSA) is 76.8 Å². The van der Waals surface area contributed by atoms with Crippen molar-refractivity contribution < 1.29 is 19.4 Å². The first-order valence-corrected chi connectivity index (χ1v) is 11.9. The van der Waals surface area contributed by atoms with E-state index in [4.69, 9.17) is 26.1 Å². The number of rotatable bonds is 8. The molecule has 1 fully saturated rings. The van der Waals surface area contributed by atoms with E-state index in [0.717, 1.165) is 28.3 Å². The Morgan fingerprint density at radius 1 is 1.09 bits per heavy atom. The molecule has 1 aliphatic rings. The van der Waals surface area contributed by atoms with E-state index < -0.39 is 6.10 Å². The molecule has 1 amide bonds. The number of carbonyl (C=O) groups excluding carboxylic acids is 1. The Morgan fingerprint density at radius 3 is 2.60 bits per heavy atom. The number of imidazole rings is 1. The van der Waals surface area contributed by atoms with E-state index in [2.05, 4.69) is 0 Å². The van der Waals surface area contributed by atoms with Crippen molar-refractivity contribution in [1.82, 2.24) is 9.55 Å². The number of hydrogen-bond donors (Lipinski definition) is 1. The summed E-state index contributed by atoms with van der Waals surface area (Å²) >= 11 is 6.17. The average molecular weight is 492 g/mol. The molecule has 0 saturated carbocycles. The Bertz CT molecular complexity index is 1340. The molecule has 180 valence electrons. The van der Waals surface area contributed by atoms with Gasteiger partial charge in [0.2, 0.25) is 5.91 Å². The number of ether oxygens (including phenoxy) is 2. The highest BCUT2D eigenvalue weighted by atomic mass is 35.5. The number of aromatic nitrogens is 2. The number of anilines is 1. The van der Waals surface area contributed by atoms with Crippen LogP contribution < -0.4 is 14.4 Å². The second-order valence-corrected chi connectivity index (χ2v) is 8.98. The molecule has 0 bridgehead atoms. The van der Waals surface area contributed by atoms with Crippen LogP contribution in [0.2, 0.25) is 5.02 Å². The Balaban J connectivity index is 1.37. The first-order chi connectivity index (χ1) is 17.0. The van der Waals surface area contributed by atoms with E-state index >= 15 is 0 Å². The van der Waals surface area contributed by atoms with E-state index in [1.165, 1.54) is 0 Å². The van der Waals surface area contributed by atoms with Gasteiger partial charge in [0.15, 0.2) is 0 Å². The van der Waals surface area contributed by atoms with Crippen LogP contribution in [0.15, 0.2) is 72.8 Å². The molecule has 2 heterocycles. The molecule has 3 aromatic carbocycles. The fourth-order valence-electron chi connectivity index (χ4n) is 4.50. The third-order valence-electron chi connectivity index (χ3n) is 6.22. The van der Waals surface area contributed by atoms with Crippen molar-refractivity contribution in [2.24, 2.45) is 0 Å². The van der Waals surface area contributed by atoms with Gasteiger partial charge in [0, 0.05) is 24.6 Å². The van der Waals surface area contributed by atoms with Gasteiger partial charge in [-0.25, -0.2) is 4.98 Å². The molecule has 5 rings (SSSR count). The van der Waals surface area contributed by atoms with Gasteiger partial charge in [0.1, 0.15) is 30.0 Å². The number of halogens is 1. The first-order valence-electron chi connectivity index (χ1n) is 11.5. The zero-order chi connectivity index (χ0) is 24.4. The second kappa shape index (κ2) is 9.98. The van der Waals surface area contributed by atoms with Crippen molar-refractivity contribution in [1.29, 1.82) is 0 Å². The van der Waals surface area contributed by atoms with Crippen LogP contribution in [0.5, 0.6) is 11.5 Å². The molecule has 1 saturated heterocycles. The highest BCUT2D eigenvalue weighted by Crippen LogP contribution is 2.34. The van der Waals surface area contributed by atoms with Gasteiger partial charge in [-0.15, -0.1) is 0 Å². The van der Waals surface area contributed by atoms with Gasteiger partial charge in [-0.3, -0.25) is 4.79 Å². The summed E-state index contributed by atoms with van der Waals surface area (Å²) in [7, 11) is 1.62. The van der Waals surface area contributed by atoms with Crippen molar-refractivity contribution in [3.8, 4) is 11.5 Å². The van der Waals surface area contributed by atoms with Gasteiger partial charge in [-0.1, -0.05) is 35.9 Å². The van der Waals surface area contributed by atoms with Gasteiger partial charge in [-0.05, 0) is 48.5 Å². The predicted molar refractivity (Wildman–Crippen MR) is 135 cm³/mol. The molecule has 1 aromatic heterocycles. The minimum absolute atomic E-state index is 0.0429. The van der Waals surface area contributed by atoms with Gasteiger partial charge >= 0.3 is 0 Å². The molecule has 35 heavy (non-hydrogen) atoms. The monoisotopic (exact) mass is 491 g/mol. The van der Waals surface area contributed by atoms with E-state index in [9.17, 15) is 9.90 Å². The first kappa shape index (κ1) is 23.2. The smallest absolute Gasteiger partial charge is 0.227 e. The number of fused-ring (bicyclic) bond motifs is 1. The Kier molecular flexibility index (Phi) is 6.61. The van der Waals surface area contributed by atoms with Crippen LogP contribution in [-0.4, -0.2) is 46.9 Å². The van der Waals surface area contributed by atoms with Crippen LogP contribution >= 0.6 is 11.6 Å². The van der Waals surface area contributed by atoms with Crippen LogP contribution in [-0.2, 0) is 11.3 Å². The van der Waals surface area contributed by atoms with Crippen molar-refractivity contribution in [3.05, 3.63) is 83.6 Å². The fourth-order valence-corrected chi connectivity index (χ4v) is 4.69. The normalized spacial score (nSPS) is 16.6. The molecule has 1 aliphatic heterocycles. The van der Waals surface area contributed by atoms with Crippen molar-refractivity contribution in [3.63, 3.8) is 0 Å². The lowest BCUT2D eigenvalue weighted by Gasteiger charge is -2.19. The van der Waals surface area contributed by atoms with Gasteiger partial charge < -0.3 is 24.0 Å². The summed E-state index contributed by atoms with van der Waals surface area (Å²) in [6.45, 7) is 0.880. The summed E-state index contributed by atoms with van der Waals surface area (Å²) < 4.78 is 13.0. The van der Waals surface area contributed by atoms with Crippen molar-refractivity contribution >= 4 is 34.2 Å². The number of aliphatic hydroxyl groups is 1. The highest BCUT2D eigenvalue weighted by Gasteiger charge is 2.35. The van der Waals surface area contributed by atoms with E-state index in [1.807, 2.05) is 65.2 Å². The molecular formula is C27H26ClN3O4. The zero-order valence-corrected chi connectivity index (χ0v) is 20.1. The maximum absolute atomic E-state index is 12.9. The largest absolute Gasteiger partial charge is 0.497 e. The standard InChI is InChI=1S/C27H26ClN3O4/c1-34-21-12-10-19(11-13-21)30-15-18(14-26(30)33)27-29-23-7-3-4-8-24(23)31(27)16-20(32)17-35-25-9-5-2-6-22(25)28/h2-13,18,20,32H,14-17H2,1H3/t18-,20-/m1/s1. The van der Waals surface area contributed by atoms with Crippen molar-refractivity contribution in [2.45, 2.75) is 25.0 Å². The molecule has 0 radical (unpaired) electrons. The number of nitrogens with zero attached hydrogens (tertiary/aromatic N) is 3. The number of methoxy groups -OCH3 is 1. The van der Waals surface area contributed by atoms with Gasteiger partial charge in [-0.2, -0.15) is 0 Å². The zero-order valence-electron chi connectivity index (χ0n) is 19.3. The molecule has 0 spiro atoms. The Hall–Kier alpha value is -3.55. The molecule has 7 nitrogen and oxygen atoms in total. The summed E-state index contributed by atoms with van der Waals surface area (Å²) in [6.07, 6.45) is -0.445.